The molecule has 1 saturated heterocycles. The van der Waals surface area contributed by atoms with Crippen LogP contribution in [-0.4, -0.2) is 59.9 Å². The van der Waals surface area contributed by atoms with Crippen LogP contribution in [0.3, 0.4) is 0 Å². The van der Waals surface area contributed by atoms with Gasteiger partial charge < -0.3 is 4.74 Å². The zero-order chi connectivity index (χ0) is 14.8. The van der Waals surface area contributed by atoms with Crippen molar-refractivity contribution in [2.45, 2.75) is 52.0 Å². The number of rotatable bonds is 2. The van der Waals surface area contributed by atoms with E-state index in [9.17, 15) is 18.0 Å². The number of hydrogen-bond acceptors (Lipinski definition) is 3. The van der Waals surface area contributed by atoms with Gasteiger partial charge in [-0.05, 0) is 27.7 Å². The summed E-state index contributed by atoms with van der Waals surface area (Å²) in [4.78, 5) is 14.3. The Balaban J connectivity index is 2.96. The molecular formula is C12H21F3N2O2. The molecule has 7 heteroatoms. The maximum Gasteiger partial charge on any atom is 0.410 e. The van der Waals surface area contributed by atoms with Crippen LogP contribution < -0.4 is 0 Å². The van der Waals surface area contributed by atoms with E-state index in [1.54, 1.807) is 18.7 Å². The molecule has 0 aromatic rings. The van der Waals surface area contributed by atoms with Gasteiger partial charge >= 0.3 is 12.3 Å². The summed E-state index contributed by atoms with van der Waals surface area (Å²) >= 11 is 0. The van der Waals surface area contributed by atoms with Crippen LogP contribution in [0.15, 0.2) is 0 Å². The molecule has 0 aliphatic carbocycles. The van der Waals surface area contributed by atoms with Crippen molar-refractivity contribution in [1.29, 1.82) is 0 Å². The van der Waals surface area contributed by atoms with E-state index in [-0.39, 0.29) is 19.2 Å². The molecule has 1 rings (SSSR count). The summed E-state index contributed by atoms with van der Waals surface area (Å²) in [5.41, 5.74) is 0. The van der Waals surface area contributed by atoms with Crippen LogP contribution in [-0.2, 0) is 4.74 Å². The Morgan fingerprint density at radius 3 is 2.37 bits per heavy atom. The Bertz CT molecular complexity index is 321. The van der Waals surface area contributed by atoms with E-state index in [4.69, 9.17) is 4.74 Å². The van der Waals surface area contributed by atoms with Crippen molar-refractivity contribution >= 4 is 6.09 Å². The van der Waals surface area contributed by atoms with Crippen molar-refractivity contribution in [3.8, 4) is 0 Å². The highest BCUT2D eigenvalue weighted by atomic mass is 19.4. The van der Waals surface area contributed by atoms with Crippen LogP contribution in [0.2, 0.25) is 0 Å². The summed E-state index contributed by atoms with van der Waals surface area (Å²) in [5, 5.41) is 0. The van der Waals surface area contributed by atoms with Crippen molar-refractivity contribution < 1.29 is 22.7 Å². The summed E-state index contributed by atoms with van der Waals surface area (Å²) in [6.45, 7) is 7.17. The van der Waals surface area contributed by atoms with E-state index in [1.165, 1.54) is 0 Å². The number of piperazine rings is 1. The van der Waals surface area contributed by atoms with Crippen LogP contribution in [0.1, 0.15) is 27.7 Å². The minimum absolute atomic E-state index is 0.0108. The molecule has 1 fully saturated rings. The molecule has 0 saturated carbocycles. The van der Waals surface area contributed by atoms with E-state index in [0.29, 0.717) is 6.54 Å². The number of hydrogen-bond donors (Lipinski definition) is 0. The number of nitrogens with zero attached hydrogens (tertiary/aromatic N) is 2. The van der Waals surface area contributed by atoms with Gasteiger partial charge in [0, 0.05) is 25.2 Å². The number of amides is 1. The maximum absolute atomic E-state index is 13.1. The van der Waals surface area contributed by atoms with Crippen molar-refractivity contribution in [2.75, 3.05) is 19.7 Å². The van der Waals surface area contributed by atoms with Gasteiger partial charge in [-0.25, -0.2) is 4.79 Å². The summed E-state index contributed by atoms with van der Waals surface area (Å²) in [6.07, 6.45) is -5.34. The van der Waals surface area contributed by atoms with Crippen LogP contribution in [0.4, 0.5) is 18.0 Å². The Labute approximate surface area is 111 Å². The third kappa shape index (κ3) is 3.75. The normalized spacial score (nSPS) is 25.8. The maximum atomic E-state index is 13.1. The number of halogens is 3. The van der Waals surface area contributed by atoms with Gasteiger partial charge in [-0.15, -0.1) is 0 Å². The van der Waals surface area contributed by atoms with E-state index in [2.05, 4.69) is 0 Å². The second-order valence-corrected chi connectivity index (χ2v) is 5.06. The average molecular weight is 282 g/mol. The quantitative estimate of drug-likeness (QED) is 0.780. The summed E-state index contributed by atoms with van der Waals surface area (Å²) < 4.78 is 44.1. The predicted molar refractivity (Wildman–Crippen MR) is 64.9 cm³/mol. The van der Waals surface area contributed by atoms with Crippen LogP contribution in [0.5, 0.6) is 0 Å². The second kappa shape index (κ2) is 5.98. The topological polar surface area (TPSA) is 32.8 Å². The summed E-state index contributed by atoms with van der Waals surface area (Å²) in [5.74, 6) is 0. The van der Waals surface area contributed by atoms with Gasteiger partial charge in [0.15, 0.2) is 0 Å². The molecule has 0 radical (unpaired) electrons. The lowest BCUT2D eigenvalue weighted by Crippen LogP contribution is -2.65. The predicted octanol–water partition coefficient (Wildman–Crippen LogP) is 2.49. The van der Waals surface area contributed by atoms with Gasteiger partial charge in [-0.2, -0.15) is 13.2 Å². The van der Waals surface area contributed by atoms with Crippen LogP contribution in [0.25, 0.3) is 0 Å². The highest BCUT2D eigenvalue weighted by Gasteiger charge is 2.51. The third-order valence-corrected chi connectivity index (χ3v) is 3.30. The smallest absolute Gasteiger partial charge is 0.410 e. The van der Waals surface area contributed by atoms with E-state index in [0.717, 1.165) is 4.90 Å². The summed E-state index contributed by atoms with van der Waals surface area (Å²) in [6, 6.07) is -2.32. The SMILES string of the molecule is CCOC(=O)N1C(C)CN(C(C)C)CC1C(F)(F)F. The Hall–Kier alpha value is -0.980. The molecule has 1 amide bonds. The fraction of sp³-hybridized carbons (Fsp3) is 0.917. The van der Waals surface area contributed by atoms with Crippen LogP contribution >= 0.6 is 0 Å². The molecule has 0 spiro atoms. The zero-order valence-corrected chi connectivity index (χ0v) is 11.7. The van der Waals surface area contributed by atoms with Gasteiger partial charge in [0.1, 0.15) is 6.04 Å². The number of ether oxygens (including phenoxy) is 1. The van der Waals surface area contributed by atoms with Gasteiger partial charge in [-0.1, -0.05) is 0 Å². The lowest BCUT2D eigenvalue weighted by molar-refractivity contribution is -0.199. The molecule has 4 nitrogen and oxygen atoms in total. The Morgan fingerprint density at radius 2 is 1.95 bits per heavy atom. The molecule has 112 valence electrons. The van der Waals surface area contributed by atoms with Gasteiger partial charge in [0.25, 0.3) is 0 Å². The van der Waals surface area contributed by atoms with Crippen molar-refractivity contribution in [3.63, 3.8) is 0 Å². The first-order valence-corrected chi connectivity index (χ1v) is 6.44. The minimum atomic E-state index is -4.45. The first-order valence-electron chi connectivity index (χ1n) is 6.44. The molecule has 0 bridgehead atoms. The first-order chi connectivity index (χ1) is 8.68. The Kier molecular flexibility index (Phi) is 5.06. The second-order valence-electron chi connectivity index (χ2n) is 5.06. The minimum Gasteiger partial charge on any atom is -0.450 e. The largest absolute Gasteiger partial charge is 0.450 e. The van der Waals surface area contributed by atoms with Crippen molar-refractivity contribution in [2.24, 2.45) is 0 Å². The molecule has 2 unspecified atom stereocenters. The molecule has 1 aliphatic rings. The molecule has 0 N–H and O–H groups in total. The van der Waals surface area contributed by atoms with E-state index >= 15 is 0 Å². The third-order valence-electron chi connectivity index (χ3n) is 3.30. The molecule has 1 heterocycles. The van der Waals surface area contributed by atoms with E-state index in [1.807, 2.05) is 13.8 Å². The van der Waals surface area contributed by atoms with Gasteiger partial charge in [0.05, 0.1) is 6.61 Å². The standard InChI is InChI=1S/C12H21F3N2O2/c1-5-19-11(18)17-9(4)6-16(8(2)3)7-10(17)12(13,14)15/h8-10H,5-7H2,1-4H3. The Morgan fingerprint density at radius 1 is 1.37 bits per heavy atom. The average Bonchev–Trinajstić information content (AvgIpc) is 2.26. The highest BCUT2D eigenvalue weighted by Crippen LogP contribution is 2.31. The lowest BCUT2D eigenvalue weighted by Gasteiger charge is -2.46. The van der Waals surface area contributed by atoms with Crippen molar-refractivity contribution in [3.05, 3.63) is 0 Å². The highest BCUT2D eigenvalue weighted by molar-refractivity contribution is 5.68. The molecular weight excluding hydrogens is 261 g/mol. The molecule has 1 aliphatic heterocycles. The van der Waals surface area contributed by atoms with Gasteiger partial charge in [-0.3, -0.25) is 9.80 Å². The molecule has 0 aromatic carbocycles. The fourth-order valence-corrected chi connectivity index (χ4v) is 2.31. The monoisotopic (exact) mass is 282 g/mol. The van der Waals surface area contributed by atoms with E-state index < -0.39 is 24.4 Å². The molecule has 2 atom stereocenters. The van der Waals surface area contributed by atoms with Gasteiger partial charge in [0.2, 0.25) is 0 Å². The van der Waals surface area contributed by atoms with Crippen LogP contribution in [0, 0.1) is 0 Å². The number of alkyl halides is 3. The molecule has 19 heavy (non-hydrogen) atoms. The lowest BCUT2D eigenvalue weighted by atomic mass is 10.1. The van der Waals surface area contributed by atoms with Crippen molar-refractivity contribution in [1.82, 2.24) is 9.80 Å². The number of carbonyl (C=O) groups excluding carboxylic acids is 1. The number of carbonyl (C=O) groups is 1. The molecule has 0 aromatic heterocycles. The zero-order valence-electron chi connectivity index (χ0n) is 11.7. The summed E-state index contributed by atoms with van der Waals surface area (Å²) in [7, 11) is 0. The fourth-order valence-electron chi connectivity index (χ4n) is 2.31. The first kappa shape index (κ1) is 16.1.